The van der Waals surface area contributed by atoms with Crippen molar-refractivity contribution in [3.8, 4) is 0 Å². The summed E-state index contributed by atoms with van der Waals surface area (Å²) in [4.78, 5) is 39.0. The number of aromatic nitrogens is 1. The first kappa shape index (κ1) is 20.3. The summed E-state index contributed by atoms with van der Waals surface area (Å²) in [5, 5.41) is 2.70. The van der Waals surface area contributed by atoms with Gasteiger partial charge in [0.05, 0.1) is 12.1 Å². The van der Waals surface area contributed by atoms with Crippen molar-refractivity contribution in [3.63, 3.8) is 0 Å². The van der Waals surface area contributed by atoms with Gasteiger partial charge in [-0.15, -0.1) is 0 Å². The molecule has 0 spiro atoms. The third-order valence-corrected chi connectivity index (χ3v) is 5.66. The van der Waals surface area contributed by atoms with E-state index in [-0.39, 0.29) is 36.5 Å². The number of ketones is 1. The van der Waals surface area contributed by atoms with Crippen LogP contribution < -0.4 is 5.32 Å². The predicted octanol–water partition coefficient (Wildman–Crippen LogP) is 3.32. The summed E-state index contributed by atoms with van der Waals surface area (Å²) in [6.07, 6.45) is 2.22. The fourth-order valence-electron chi connectivity index (χ4n) is 3.53. The number of Topliss-reactive ketones (excluding diaryl/α,β-unsaturated/α-hetero) is 1. The number of nitrogens with zero attached hydrogens (tertiary/aromatic N) is 2. The molecule has 2 aromatic rings. The van der Waals surface area contributed by atoms with Crippen molar-refractivity contribution in [2.45, 2.75) is 45.3 Å². The second kappa shape index (κ2) is 8.73. The van der Waals surface area contributed by atoms with Crippen LogP contribution in [0.4, 0.5) is 0 Å². The number of amides is 2. The van der Waals surface area contributed by atoms with Gasteiger partial charge in [0, 0.05) is 47.9 Å². The lowest BCUT2D eigenvalue weighted by molar-refractivity contribution is -0.136. The van der Waals surface area contributed by atoms with Crippen LogP contribution in [0.5, 0.6) is 0 Å². The molecule has 1 aromatic carbocycles. The molecule has 0 saturated heterocycles. The number of benzene rings is 1. The number of carbonyl (C=O) groups excluding carboxylic acids is 3. The van der Waals surface area contributed by atoms with Crippen molar-refractivity contribution in [3.05, 3.63) is 58.3 Å². The fourth-order valence-corrected chi connectivity index (χ4v) is 3.79. The molecule has 0 unspecified atom stereocenters. The highest BCUT2D eigenvalue weighted by Gasteiger charge is 2.27. The topological polar surface area (TPSA) is 71.4 Å². The molecule has 6 nitrogen and oxygen atoms in total. The number of carbonyl (C=O) groups is 3. The maximum absolute atomic E-state index is 12.6. The number of fused-ring (bicyclic) bond motifs is 1. The van der Waals surface area contributed by atoms with Gasteiger partial charge in [-0.1, -0.05) is 28.1 Å². The van der Waals surface area contributed by atoms with Gasteiger partial charge in [-0.3, -0.25) is 14.4 Å². The summed E-state index contributed by atoms with van der Waals surface area (Å²) in [5.41, 5.74) is 1.65. The van der Waals surface area contributed by atoms with Gasteiger partial charge >= 0.3 is 0 Å². The Bertz CT molecular complexity index is 875. The van der Waals surface area contributed by atoms with Crippen LogP contribution in [0.1, 0.15) is 48.8 Å². The molecular weight excluding hydrogens is 422 g/mol. The molecule has 28 heavy (non-hydrogen) atoms. The molecule has 0 fully saturated rings. The molecule has 7 heteroatoms. The second-order valence-corrected chi connectivity index (χ2v) is 7.97. The number of halogens is 1. The van der Waals surface area contributed by atoms with Crippen LogP contribution >= 0.6 is 15.9 Å². The van der Waals surface area contributed by atoms with Crippen LogP contribution in [0.3, 0.4) is 0 Å². The van der Waals surface area contributed by atoms with E-state index in [1.807, 2.05) is 30.2 Å². The first-order valence-corrected chi connectivity index (χ1v) is 10.2. The Morgan fingerprint density at radius 1 is 1.14 bits per heavy atom. The van der Waals surface area contributed by atoms with E-state index in [9.17, 15) is 14.4 Å². The van der Waals surface area contributed by atoms with Gasteiger partial charge in [0.2, 0.25) is 11.8 Å². The Labute approximate surface area is 173 Å². The Morgan fingerprint density at radius 3 is 2.57 bits per heavy atom. The largest absolute Gasteiger partial charge is 0.348 e. The first-order valence-electron chi connectivity index (χ1n) is 9.40. The van der Waals surface area contributed by atoms with E-state index in [0.717, 1.165) is 16.7 Å². The monoisotopic (exact) mass is 445 g/mol. The summed E-state index contributed by atoms with van der Waals surface area (Å²) < 4.78 is 3.04. The molecule has 1 aromatic heterocycles. The first-order chi connectivity index (χ1) is 13.4. The zero-order valence-electron chi connectivity index (χ0n) is 16.0. The molecule has 0 radical (unpaired) electrons. The van der Waals surface area contributed by atoms with Gasteiger partial charge < -0.3 is 14.8 Å². The fraction of sp³-hybridized carbons (Fsp3) is 0.381. The zero-order chi connectivity index (χ0) is 20.3. The molecule has 1 N–H and O–H groups in total. The lowest BCUT2D eigenvalue weighted by Gasteiger charge is -2.35. The number of hydrogen-bond acceptors (Lipinski definition) is 3. The van der Waals surface area contributed by atoms with E-state index in [2.05, 4.69) is 25.8 Å². The van der Waals surface area contributed by atoms with E-state index in [0.29, 0.717) is 12.1 Å². The number of nitrogens with one attached hydrogen (secondary N) is 1. The van der Waals surface area contributed by atoms with E-state index in [4.69, 9.17) is 0 Å². The van der Waals surface area contributed by atoms with Crippen LogP contribution in [0.15, 0.2) is 47.1 Å². The van der Waals surface area contributed by atoms with E-state index in [1.54, 1.807) is 31.2 Å². The average molecular weight is 446 g/mol. The van der Waals surface area contributed by atoms with Crippen LogP contribution in [-0.2, 0) is 16.1 Å². The van der Waals surface area contributed by atoms with Crippen LogP contribution in [0, 0.1) is 0 Å². The van der Waals surface area contributed by atoms with E-state index in [1.165, 1.54) is 0 Å². The summed E-state index contributed by atoms with van der Waals surface area (Å²) >= 11 is 3.33. The van der Waals surface area contributed by atoms with Gasteiger partial charge in [-0.25, -0.2) is 0 Å². The van der Waals surface area contributed by atoms with E-state index >= 15 is 0 Å². The maximum atomic E-state index is 12.6. The highest BCUT2D eigenvalue weighted by molar-refractivity contribution is 9.10. The third-order valence-electron chi connectivity index (χ3n) is 5.13. The van der Waals surface area contributed by atoms with Crippen molar-refractivity contribution in [1.29, 1.82) is 0 Å². The predicted molar refractivity (Wildman–Crippen MR) is 110 cm³/mol. The Balaban J connectivity index is 1.49. The Kier molecular flexibility index (Phi) is 6.34. The molecule has 1 aliphatic heterocycles. The lowest BCUT2D eigenvalue weighted by atomic mass is 10.1. The summed E-state index contributed by atoms with van der Waals surface area (Å²) in [6, 6.07) is 10.4. The average Bonchev–Trinajstić information content (AvgIpc) is 3.16. The molecule has 2 heterocycles. The minimum Gasteiger partial charge on any atom is -0.348 e. The van der Waals surface area contributed by atoms with Gasteiger partial charge in [0.25, 0.3) is 0 Å². The molecule has 3 rings (SSSR count). The molecule has 148 valence electrons. The lowest BCUT2D eigenvalue weighted by Crippen LogP contribution is -2.42. The van der Waals surface area contributed by atoms with Crippen LogP contribution in [-0.4, -0.2) is 39.7 Å². The van der Waals surface area contributed by atoms with Gasteiger partial charge in [0.1, 0.15) is 0 Å². The van der Waals surface area contributed by atoms with Gasteiger partial charge in [-0.2, -0.15) is 0 Å². The highest BCUT2D eigenvalue weighted by atomic mass is 79.9. The molecule has 0 aliphatic carbocycles. The second-order valence-electron chi connectivity index (χ2n) is 7.05. The van der Waals surface area contributed by atoms with Crippen LogP contribution in [0.2, 0.25) is 0 Å². The van der Waals surface area contributed by atoms with Crippen molar-refractivity contribution in [2.75, 3.05) is 6.54 Å². The SMILES string of the molecule is C[C@H](NC(=O)CCC(=O)N1CCn2cccc2[C@H]1C)C(=O)c1ccc(Br)cc1. The number of rotatable bonds is 6. The zero-order valence-corrected chi connectivity index (χ0v) is 17.6. The highest BCUT2D eigenvalue weighted by Crippen LogP contribution is 2.26. The molecular formula is C21H24BrN3O3. The molecule has 1 aliphatic rings. The van der Waals surface area contributed by atoms with Crippen molar-refractivity contribution < 1.29 is 14.4 Å². The smallest absolute Gasteiger partial charge is 0.223 e. The van der Waals surface area contributed by atoms with Gasteiger partial charge in [0.15, 0.2) is 5.78 Å². The summed E-state index contributed by atoms with van der Waals surface area (Å²) in [5.74, 6) is -0.487. The quantitative estimate of drug-likeness (QED) is 0.693. The summed E-state index contributed by atoms with van der Waals surface area (Å²) in [7, 11) is 0. The normalized spacial score (nSPS) is 17.0. The van der Waals surface area contributed by atoms with E-state index < -0.39 is 6.04 Å². The van der Waals surface area contributed by atoms with Crippen molar-refractivity contribution >= 4 is 33.5 Å². The minimum absolute atomic E-state index is 0.00258. The molecule has 0 bridgehead atoms. The van der Waals surface area contributed by atoms with Gasteiger partial charge in [-0.05, 0) is 38.1 Å². The number of hydrogen-bond donors (Lipinski definition) is 1. The molecule has 2 atom stereocenters. The molecule has 2 amide bonds. The summed E-state index contributed by atoms with van der Waals surface area (Å²) in [6.45, 7) is 5.07. The minimum atomic E-state index is -0.638. The Hall–Kier alpha value is -2.41. The van der Waals surface area contributed by atoms with Crippen molar-refractivity contribution in [2.24, 2.45) is 0 Å². The Morgan fingerprint density at radius 2 is 1.86 bits per heavy atom. The molecule has 0 saturated carbocycles. The standard InChI is InChI=1S/C21H24BrN3O3/c1-14(21(28)16-5-7-17(22)8-6-16)23-19(26)9-10-20(27)25-13-12-24-11-3-4-18(24)15(25)2/h3-8,11,14-15H,9-10,12-13H2,1-2H3,(H,23,26)/t14-,15+/m0/s1. The third kappa shape index (κ3) is 4.52. The van der Waals surface area contributed by atoms with Crippen LogP contribution in [0.25, 0.3) is 0 Å². The van der Waals surface area contributed by atoms with Crippen molar-refractivity contribution in [1.82, 2.24) is 14.8 Å². The maximum Gasteiger partial charge on any atom is 0.223 e.